The van der Waals surface area contributed by atoms with Gasteiger partial charge in [-0.1, -0.05) is 18.2 Å². The van der Waals surface area contributed by atoms with Gasteiger partial charge in [-0.15, -0.1) is 0 Å². The third-order valence-corrected chi connectivity index (χ3v) is 2.07. The van der Waals surface area contributed by atoms with Crippen LogP contribution in [0, 0.1) is 0 Å². The highest BCUT2D eigenvalue weighted by molar-refractivity contribution is 6.06. The maximum absolute atomic E-state index is 12.6. The summed E-state index contributed by atoms with van der Waals surface area (Å²) in [6, 6.07) is 4.32. The second-order valence-corrected chi connectivity index (χ2v) is 3.22. The van der Waals surface area contributed by atoms with E-state index < -0.39 is 35.5 Å². The lowest BCUT2D eigenvalue weighted by Crippen LogP contribution is -2.16. The predicted octanol–water partition coefficient (Wildman–Crippen LogP) is 2.45. The number of alkyl halides is 3. The number of rotatable bonds is 3. The van der Waals surface area contributed by atoms with Gasteiger partial charge in [-0.2, -0.15) is 13.2 Å². The molecule has 0 aliphatic carbocycles. The largest absolute Gasteiger partial charge is 0.469 e. The van der Waals surface area contributed by atoms with Crippen LogP contribution >= 0.6 is 0 Å². The van der Waals surface area contributed by atoms with Crippen molar-refractivity contribution in [2.45, 2.75) is 12.6 Å². The fourth-order valence-electron chi connectivity index (χ4n) is 1.27. The van der Waals surface area contributed by atoms with Gasteiger partial charge in [-0.05, 0) is 6.07 Å². The molecule has 0 N–H and O–H groups in total. The summed E-state index contributed by atoms with van der Waals surface area (Å²) < 4.78 is 41.9. The first-order valence-corrected chi connectivity index (χ1v) is 4.62. The van der Waals surface area contributed by atoms with Crippen molar-refractivity contribution in [2.75, 3.05) is 7.11 Å². The normalized spacial score (nSPS) is 11.1. The molecule has 1 aromatic rings. The Balaban J connectivity index is 3.06. The molecule has 0 saturated carbocycles. The van der Waals surface area contributed by atoms with Crippen LogP contribution < -0.4 is 0 Å². The molecule has 0 aliphatic rings. The van der Waals surface area contributed by atoms with E-state index in [1.54, 1.807) is 0 Å². The predicted molar refractivity (Wildman–Crippen MR) is 52.4 cm³/mol. The Morgan fingerprint density at radius 3 is 2.35 bits per heavy atom. The molecule has 3 nitrogen and oxygen atoms in total. The van der Waals surface area contributed by atoms with Crippen LogP contribution in [0.2, 0.25) is 0 Å². The first-order chi connectivity index (χ1) is 7.86. The van der Waals surface area contributed by atoms with E-state index in [2.05, 4.69) is 4.74 Å². The van der Waals surface area contributed by atoms with Crippen molar-refractivity contribution in [3.05, 3.63) is 35.4 Å². The standard InChI is InChI=1S/C11H9F3O3/c1-17-10(16)6-9(15)7-4-2-3-5-8(7)11(12,13)14/h2-5H,6H2,1H3. The number of Topliss-reactive ketones (excluding diaryl/α,β-unsaturated/α-hetero) is 1. The molecular weight excluding hydrogens is 237 g/mol. The van der Waals surface area contributed by atoms with E-state index in [-0.39, 0.29) is 0 Å². The third kappa shape index (κ3) is 3.30. The highest BCUT2D eigenvalue weighted by Gasteiger charge is 2.35. The highest BCUT2D eigenvalue weighted by atomic mass is 19.4. The molecule has 0 bridgehead atoms. The topological polar surface area (TPSA) is 43.4 Å². The number of esters is 1. The Labute approximate surface area is 95.2 Å². The molecule has 92 valence electrons. The Bertz CT molecular complexity index is 438. The summed E-state index contributed by atoms with van der Waals surface area (Å²) in [5, 5.41) is 0. The number of methoxy groups -OCH3 is 1. The minimum absolute atomic E-state index is 0.523. The second kappa shape index (κ2) is 4.99. The summed E-state index contributed by atoms with van der Waals surface area (Å²) in [4.78, 5) is 22.3. The summed E-state index contributed by atoms with van der Waals surface area (Å²) in [6.07, 6.45) is -5.33. The van der Waals surface area contributed by atoms with Gasteiger partial charge in [-0.25, -0.2) is 0 Å². The van der Waals surface area contributed by atoms with E-state index >= 15 is 0 Å². The molecule has 0 amide bonds. The van der Waals surface area contributed by atoms with Crippen LogP contribution in [0.15, 0.2) is 24.3 Å². The van der Waals surface area contributed by atoms with Gasteiger partial charge in [0.2, 0.25) is 0 Å². The lowest BCUT2D eigenvalue weighted by atomic mass is 10.0. The van der Waals surface area contributed by atoms with Gasteiger partial charge in [0.15, 0.2) is 5.78 Å². The molecule has 0 saturated heterocycles. The maximum atomic E-state index is 12.6. The lowest BCUT2D eigenvalue weighted by molar-refractivity contribution is -0.140. The van der Waals surface area contributed by atoms with Gasteiger partial charge in [0.1, 0.15) is 6.42 Å². The second-order valence-electron chi connectivity index (χ2n) is 3.22. The fourth-order valence-corrected chi connectivity index (χ4v) is 1.27. The number of ether oxygens (including phenoxy) is 1. The van der Waals surface area contributed by atoms with Gasteiger partial charge < -0.3 is 4.74 Å². The molecular formula is C11H9F3O3. The molecule has 17 heavy (non-hydrogen) atoms. The van der Waals surface area contributed by atoms with Gasteiger partial charge >= 0.3 is 12.1 Å². The van der Waals surface area contributed by atoms with Crippen molar-refractivity contribution in [2.24, 2.45) is 0 Å². The van der Waals surface area contributed by atoms with Gasteiger partial charge in [0.25, 0.3) is 0 Å². The van der Waals surface area contributed by atoms with Crippen LogP contribution in [0.4, 0.5) is 13.2 Å². The quantitative estimate of drug-likeness (QED) is 0.467. The zero-order valence-electron chi connectivity index (χ0n) is 8.88. The average Bonchev–Trinajstić information content (AvgIpc) is 2.27. The smallest absolute Gasteiger partial charge is 0.417 e. The van der Waals surface area contributed by atoms with E-state index in [4.69, 9.17) is 0 Å². The van der Waals surface area contributed by atoms with Crippen LogP contribution in [0.5, 0.6) is 0 Å². The number of benzene rings is 1. The van der Waals surface area contributed by atoms with Gasteiger partial charge in [0, 0.05) is 5.56 Å². The molecule has 0 unspecified atom stereocenters. The van der Waals surface area contributed by atoms with Crippen molar-refractivity contribution in [1.82, 2.24) is 0 Å². The van der Waals surface area contributed by atoms with Crippen LogP contribution in [-0.4, -0.2) is 18.9 Å². The average molecular weight is 246 g/mol. The fraction of sp³-hybridized carbons (Fsp3) is 0.273. The molecule has 6 heteroatoms. The summed E-state index contributed by atoms with van der Waals surface area (Å²) in [7, 11) is 1.06. The zero-order valence-corrected chi connectivity index (χ0v) is 8.88. The first kappa shape index (κ1) is 13.2. The zero-order chi connectivity index (χ0) is 13.1. The van der Waals surface area contributed by atoms with Crippen molar-refractivity contribution in [3.8, 4) is 0 Å². The Morgan fingerprint density at radius 2 is 1.82 bits per heavy atom. The van der Waals surface area contributed by atoms with Crippen LogP contribution in [0.3, 0.4) is 0 Å². The third-order valence-electron chi connectivity index (χ3n) is 2.07. The van der Waals surface area contributed by atoms with E-state index in [1.807, 2.05) is 0 Å². The van der Waals surface area contributed by atoms with E-state index in [0.717, 1.165) is 19.2 Å². The first-order valence-electron chi connectivity index (χ1n) is 4.62. The molecule has 1 rings (SSSR count). The molecule has 0 radical (unpaired) electrons. The molecule has 0 heterocycles. The Morgan fingerprint density at radius 1 is 1.24 bits per heavy atom. The van der Waals surface area contributed by atoms with E-state index in [1.165, 1.54) is 12.1 Å². The molecule has 0 fully saturated rings. The minimum Gasteiger partial charge on any atom is -0.469 e. The van der Waals surface area contributed by atoms with E-state index in [0.29, 0.717) is 0 Å². The van der Waals surface area contributed by atoms with Crippen molar-refractivity contribution < 1.29 is 27.5 Å². The SMILES string of the molecule is COC(=O)CC(=O)c1ccccc1C(F)(F)F. The molecule has 0 aromatic heterocycles. The van der Waals surface area contributed by atoms with E-state index in [9.17, 15) is 22.8 Å². The molecule has 0 atom stereocenters. The molecule has 0 aliphatic heterocycles. The van der Waals surface area contributed by atoms with Crippen molar-refractivity contribution in [3.63, 3.8) is 0 Å². The lowest BCUT2D eigenvalue weighted by Gasteiger charge is -2.11. The van der Waals surface area contributed by atoms with Gasteiger partial charge in [-0.3, -0.25) is 9.59 Å². The highest BCUT2D eigenvalue weighted by Crippen LogP contribution is 2.32. The number of carbonyl (C=O) groups is 2. The van der Waals surface area contributed by atoms with Crippen LogP contribution in [-0.2, 0) is 15.7 Å². The molecule has 0 spiro atoms. The number of ketones is 1. The Hall–Kier alpha value is -1.85. The number of carbonyl (C=O) groups excluding carboxylic acids is 2. The summed E-state index contributed by atoms with van der Waals surface area (Å²) >= 11 is 0. The Kier molecular flexibility index (Phi) is 3.88. The van der Waals surface area contributed by atoms with Crippen molar-refractivity contribution >= 4 is 11.8 Å². The monoisotopic (exact) mass is 246 g/mol. The summed E-state index contributed by atoms with van der Waals surface area (Å²) in [6.45, 7) is 0. The number of hydrogen-bond acceptors (Lipinski definition) is 3. The van der Waals surface area contributed by atoms with Crippen LogP contribution in [0.25, 0.3) is 0 Å². The molecule has 1 aromatic carbocycles. The minimum atomic E-state index is -4.62. The maximum Gasteiger partial charge on any atom is 0.417 e. The number of hydrogen-bond donors (Lipinski definition) is 0. The van der Waals surface area contributed by atoms with Gasteiger partial charge in [0.05, 0.1) is 12.7 Å². The van der Waals surface area contributed by atoms with Crippen molar-refractivity contribution in [1.29, 1.82) is 0 Å². The summed E-state index contributed by atoms with van der Waals surface area (Å²) in [5.41, 5.74) is -1.57. The van der Waals surface area contributed by atoms with Crippen LogP contribution in [0.1, 0.15) is 22.3 Å². The summed E-state index contributed by atoms with van der Waals surface area (Å²) in [5.74, 6) is -1.78. The number of halogens is 3.